The minimum atomic E-state index is -0.444. The average molecular weight is 395 g/mol. The summed E-state index contributed by atoms with van der Waals surface area (Å²) in [7, 11) is 0. The van der Waals surface area contributed by atoms with Crippen molar-refractivity contribution in [1.29, 1.82) is 0 Å². The van der Waals surface area contributed by atoms with E-state index in [0.29, 0.717) is 11.1 Å². The first-order chi connectivity index (χ1) is 14.7. The monoisotopic (exact) mass is 395 g/mol. The van der Waals surface area contributed by atoms with Crippen molar-refractivity contribution in [1.82, 2.24) is 4.98 Å². The van der Waals surface area contributed by atoms with Crippen molar-refractivity contribution in [3.05, 3.63) is 89.1 Å². The summed E-state index contributed by atoms with van der Waals surface area (Å²) in [5.74, 6) is -0.646. The molecule has 1 aromatic heterocycles. The molecule has 1 heterocycles. The molecule has 0 bridgehead atoms. The van der Waals surface area contributed by atoms with Crippen molar-refractivity contribution in [3.63, 3.8) is 0 Å². The van der Waals surface area contributed by atoms with Crippen molar-refractivity contribution in [2.24, 2.45) is 0 Å². The van der Waals surface area contributed by atoms with Crippen LogP contribution in [0.15, 0.2) is 66.7 Å². The number of fused-ring (bicyclic) bond motifs is 3. The number of carbonyl (C=O) groups is 2. The van der Waals surface area contributed by atoms with Crippen LogP contribution in [0.3, 0.4) is 0 Å². The second-order valence-corrected chi connectivity index (χ2v) is 7.66. The van der Waals surface area contributed by atoms with E-state index < -0.39 is 5.97 Å². The second-order valence-electron chi connectivity index (χ2n) is 7.66. The van der Waals surface area contributed by atoms with E-state index in [0.717, 1.165) is 58.6 Å². The number of ketones is 1. The molecule has 1 aliphatic carbocycles. The van der Waals surface area contributed by atoms with Gasteiger partial charge in [0.2, 0.25) is 5.78 Å². The molecular formula is C26H21NO3. The Kier molecular flexibility index (Phi) is 4.75. The van der Waals surface area contributed by atoms with Gasteiger partial charge in [0, 0.05) is 16.6 Å². The van der Waals surface area contributed by atoms with E-state index in [1.54, 1.807) is 6.07 Å². The van der Waals surface area contributed by atoms with Crippen molar-refractivity contribution in [3.8, 4) is 0 Å². The lowest BCUT2D eigenvalue weighted by Gasteiger charge is -2.20. The van der Waals surface area contributed by atoms with Crippen LogP contribution in [0.4, 0.5) is 0 Å². The minimum absolute atomic E-state index is 0.202. The van der Waals surface area contributed by atoms with E-state index in [-0.39, 0.29) is 12.4 Å². The zero-order valence-electron chi connectivity index (χ0n) is 16.6. The summed E-state index contributed by atoms with van der Waals surface area (Å²) in [5, 5.41) is 2.65. The topological polar surface area (TPSA) is 56.3 Å². The number of esters is 1. The van der Waals surface area contributed by atoms with Crippen molar-refractivity contribution in [2.45, 2.75) is 25.7 Å². The maximum atomic E-state index is 13.1. The minimum Gasteiger partial charge on any atom is -0.454 e. The van der Waals surface area contributed by atoms with Gasteiger partial charge >= 0.3 is 5.97 Å². The number of Topliss-reactive ketones (excluding diaryl/α,β-unsaturated/α-hetero) is 1. The molecule has 4 heteroatoms. The summed E-state index contributed by atoms with van der Waals surface area (Å²) in [6, 6.07) is 21.0. The molecule has 3 aromatic carbocycles. The molecule has 4 aromatic rings. The molecule has 0 amide bonds. The van der Waals surface area contributed by atoms with Crippen molar-refractivity contribution in [2.75, 3.05) is 6.61 Å². The summed E-state index contributed by atoms with van der Waals surface area (Å²) >= 11 is 0. The second kappa shape index (κ2) is 7.71. The number of nitrogens with zero attached hydrogens (tertiary/aromatic N) is 1. The Labute approximate surface area is 174 Å². The Morgan fingerprint density at radius 2 is 1.57 bits per heavy atom. The highest BCUT2D eigenvalue weighted by Crippen LogP contribution is 2.30. The molecule has 0 saturated heterocycles. The molecule has 30 heavy (non-hydrogen) atoms. The predicted octanol–water partition coefficient (Wildman–Crippen LogP) is 5.31. The zero-order chi connectivity index (χ0) is 20.5. The normalized spacial score (nSPS) is 13.2. The van der Waals surface area contributed by atoms with Crippen LogP contribution in [0.1, 0.15) is 44.8 Å². The molecule has 0 N–H and O–H groups in total. The quantitative estimate of drug-likeness (QED) is 0.347. The van der Waals surface area contributed by atoms with E-state index in [1.807, 2.05) is 60.7 Å². The van der Waals surface area contributed by atoms with Crippen LogP contribution in [0.5, 0.6) is 0 Å². The summed E-state index contributed by atoms with van der Waals surface area (Å²) < 4.78 is 5.55. The van der Waals surface area contributed by atoms with Crippen LogP contribution in [-0.4, -0.2) is 23.3 Å². The van der Waals surface area contributed by atoms with E-state index in [2.05, 4.69) is 0 Å². The SMILES string of the molecule is O=C(COC(=O)c1c2c(nc3ccccc13)CCCC2)c1cccc2ccccc12. The van der Waals surface area contributed by atoms with E-state index in [1.165, 1.54) is 0 Å². The molecule has 0 saturated carbocycles. The first-order valence-electron chi connectivity index (χ1n) is 10.3. The van der Waals surface area contributed by atoms with Crippen LogP contribution in [0.2, 0.25) is 0 Å². The van der Waals surface area contributed by atoms with E-state index in [4.69, 9.17) is 9.72 Å². The van der Waals surface area contributed by atoms with Crippen LogP contribution < -0.4 is 0 Å². The Balaban J connectivity index is 1.46. The number of hydrogen-bond donors (Lipinski definition) is 0. The molecule has 4 nitrogen and oxygen atoms in total. The first-order valence-corrected chi connectivity index (χ1v) is 10.3. The van der Waals surface area contributed by atoms with Crippen molar-refractivity contribution < 1.29 is 14.3 Å². The lowest BCUT2D eigenvalue weighted by atomic mass is 9.90. The number of rotatable bonds is 4. The maximum absolute atomic E-state index is 13.1. The highest BCUT2D eigenvalue weighted by molar-refractivity contribution is 6.10. The van der Waals surface area contributed by atoms with Gasteiger partial charge in [0.1, 0.15) is 0 Å². The molecule has 0 fully saturated rings. The third-order valence-electron chi connectivity index (χ3n) is 5.80. The smallest absolute Gasteiger partial charge is 0.339 e. The number of hydrogen-bond acceptors (Lipinski definition) is 4. The van der Waals surface area contributed by atoms with Gasteiger partial charge in [-0.3, -0.25) is 9.78 Å². The summed E-state index contributed by atoms with van der Waals surface area (Å²) in [4.78, 5) is 30.7. The maximum Gasteiger partial charge on any atom is 0.339 e. The number of benzene rings is 3. The Hall–Kier alpha value is -3.53. The van der Waals surface area contributed by atoms with Crippen LogP contribution >= 0.6 is 0 Å². The van der Waals surface area contributed by atoms with Crippen LogP contribution in [0, 0.1) is 0 Å². The summed E-state index contributed by atoms with van der Waals surface area (Å²) in [5.41, 5.74) is 3.89. The molecule has 0 atom stereocenters. The van der Waals surface area contributed by atoms with Gasteiger partial charge in [-0.25, -0.2) is 4.79 Å². The molecule has 1 aliphatic rings. The molecule has 0 aliphatic heterocycles. The fraction of sp³-hybridized carbons (Fsp3) is 0.192. The Bertz CT molecular complexity index is 1290. The number of ether oxygens (including phenoxy) is 1. The van der Waals surface area contributed by atoms with E-state index >= 15 is 0 Å². The van der Waals surface area contributed by atoms with Gasteiger partial charge in [-0.05, 0) is 48.1 Å². The summed E-state index contributed by atoms with van der Waals surface area (Å²) in [6.07, 6.45) is 3.79. The average Bonchev–Trinajstić information content (AvgIpc) is 2.80. The third kappa shape index (κ3) is 3.24. The zero-order valence-corrected chi connectivity index (χ0v) is 16.6. The highest BCUT2D eigenvalue weighted by atomic mass is 16.5. The molecule has 5 rings (SSSR count). The molecule has 148 valence electrons. The lowest BCUT2D eigenvalue weighted by molar-refractivity contribution is 0.0475. The standard InChI is InChI=1S/C26H21NO3/c28-24(19-13-7-9-17-8-1-2-10-18(17)19)16-30-26(29)25-20-11-3-5-14-22(20)27-23-15-6-4-12-21(23)25/h1-3,5,7-11,13-14H,4,6,12,15-16H2. The molecule has 0 radical (unpaired) electrons. The van der Waals surface area contributed by atoms with Gasteiger partial charge in [-0.2, -0.15) is 0 Å². The van der Waals surface area contributed by atoms with E-state index in [9.17, 15) is 9.59 Å². The Morgan fingerprint density at radius 3 is 2.47 bits per heavy atom. The van der Waals surface area contributed by atoms with Gasteiger partial charge in [0.05, 0.1) is 11.1 Å². The fourth-order valence-corrected chi connectivity index (χ4v) is 4.36. The number of pyridine rings is 1. The van der Waals surface area contributed by atoms with Gasteiger partial charge in [-0.1, -0.05) is 60.7 Å². The number of aromatic nitrogens is 1. The Morgan fingerprint density at radius 1 is 0.833 bits per heavy atom. The number of para-hydroxylation sites is 1. The number of aryl methyl sites for hydroxylation is 1. The van der Waals surface area contributed by atoms with Gasteiger partial charge in [-0.15, -0.1) is 0 Å². The molecule has 0 spiro atoms. The van der Waals surface area contributed by atoms with Crippen LogP contribution in [0.25, 0.3) is 21.7 Å². The lowest BCUT2D eigenvalue weighted by Crippen LogP contribution is -2.19. The van der Waals surface area contributed by atoms with Crippen molar-refractivity contribution >= 4 is 33.4 Å². The largest absolute Gasteiger partial charge is 0.454 e. The number of carbonyl (C=O) groups excluding carboxylic acids is 2. The molecule has 0 unspecified atom stereocenters. The molecular weight excluding hydrogens is 374 g/mol. The highest BCUT2D eigenvalue weighted by Gasteiger charge is 2.24. The fourth-order valence-electron chi connectivity index (χ4n) is 4.36. The van der Waals surface area contributed by atoms with Gasteiger partial charge < -0.3 is 4.74 Å². The predicted molar refractivity (Wildman–Crippen MR) is 117 cm³/mol. The third-order valence-corrected chi connectivity index (χ3v) is 5.80. The van der Waals surface area contributed by atoms with Crippen LogP contribution in [-0.2, 0) is 17.6 Å². The van der Waals surface area contributed by atoms with Gasteiger partial charge in [0.25, 0.3) is 0 Å². The first kappa shape index (κ1) is 18.5. The van der Waals surface area contributed by atoms with Gasteiger partial charge in [0.15, 0.2) is 6.61 Å². The summed E-state index contributed by atoms with van der Waals surface area (Å²) in [6.45, 7) is -0.279.